The van der Waals surface area contributed by atoms with Gasteiger partial charge in [0.1, 0.15) is 0 Å². The van der Waals surface area contributed by atoms with Crippen molar-refractivity contribution in [3.05, 3.63) is 23.1 Å². The fourth-order valence-corrected chi connectivity index (χ4v) is 12.6. The number of rotatable bonds is 0. The summed E-state index contributed by atoms with van der Waals surface area (Å²) in [6.07, 6.45) is 15.5. The summed E-state index contributed by atoms with van der Waals surface area (Å²) < 4.78 is 0. The Bertz CT molecular complexity index is 589. The van der Waals surface area contributed by atoms with Crippen molar-refractivity contribution < 1.29 is 0 Å². The van der Waals surface area contributed by atoms with E-state index in [0.29, 0.717) is 10.8 Å². The van der Waals surface area contributed by atoms with Crippen molar-refractivity contribution in [3.8, 4) is 0 Å². The van der Waals surface area contributed by atoms with E-state index in [1.54, 1.807) is 4.91 Å². The van der Waals surface area contributed by atoms with Gasteiger partial charge in [-0.25, -0.2) is 10.0 Å². The number of allylic oxidation sites excluding steroid dienone is 2. The van der Waals surface area contributed by atoms with Crippen molar-refractivity contribution in [1.82, 2.24) is 0 Å². The summed E-state index contributed by atoms with van der Waals surface area (Å²) in [5.41, 5.74) is 3.05. The van der Waals surface area contributed by atoms with Gasteiger partial charge in [0.15, 0.2) is 0 Å². The molecule has 0 bridgehead atoms. The summed E-state index contributed by atoms with van der Waals surface area (Å²) in [4.78, 5) is 1.68. The summed E-state index contributed by atoms with van der Waals surface area (Å²) in [6, 6.07) is 0. The highest BCUT2D eigenvalue weighted by atomic mass is 32.3. The average molecular weight is 347 g/mol. The lowest BCUT2D eigenvalue weighted by atomic mass is 9.47. The van der Waals surface area contributed by atoms with E-state index in [1.807, 2.05) is 19.4 Å². The van der Waals surface area contributed by atoms with E-state index in [9.17, 15) is 0 Å². The molecule has 0 spiro atoms. The highest BCUT2D eigenvalue weighted by Gasteiger charge is 2.71. The molecule has 4 fully saturated rings. The maximum Gasteiger partial charge on any atom is 0.0269 e. The Morgan fingerprint density at radius 1 is 1.12 bits per heavy atom. The van der Waals surface area contributed by atoms with Gasteiger partial charge in [0, 0.05) is 5.25 Å². The lowest BCUT2D eigenvalue weighted by molar-refractivity contribution is -0.0217. The number of hydrogen-bond donors (Lipinski definition) is 0. The summed E-state index contributed by atoms with van der Waals surface area (Å²) in [5, 5.41) is 0.940. The van der Waals surface area contributed by atoms with E-state index in [4.69, 9.17) is 0 Å². The fraction of sp³-hybridized carbons (Fsp3) is 0.826. The molecule has 7 unspecified atom stereocenters. The van der Waals surface area contributed by atoms with Crippen molar-refractivity contribution in [1.29, 1.82) is 0 Å². The Balaban J connectivity index is 0.000000704. The van der Waals surface area contributed by atoms with E-state index >= 15 is 0 Å². The van der Waals surface area contributed by atoms with Crippen LogP contribution in [0.2, 0.25) is 0 Å². The first-order chi connectivity index (χ1) is 11.4. The van der Waals surface area contributed by atoms with E-state index in [2.05, 4.69) is 32.8 Å². The minimum absolute atomic E-state index is 0.414. The van der Waals surface area contributed by atoms with Crippen molar-refractivity contribution in [2.24, 2.45) is 28.6 Å². The highest BCUT2D eigenvalue weighted by molar-refractivity contribution is 8.43. The van der Waals surface area contributed by atoms with E-state index < -0.39 is 10.0 Å². The minimum atomic E-state index is -0.414. The molecule has 2 aliphatic heterocycles. The molecule has 7 atom stereocenters. The fourth-order valence-electron chi connectivity index (χ4n) is 7.67. The second-order valence-electron chi connectivity index (χ2n) is 9.68. The van der Waals surface area contributed by atoms with Crippen LogP contribution in [0.4, 0.5) is 0 Å². The lowest BCUT2D eigenvalue weighted by Crippen LogP contribution is -2.50. The molecule has 2 heterocycles. The molecule has 1 heteroatoms. The van der Waals surface area contributed by atoms with Crippen LogP contribution < -0.4 is 0 Å². The van der Waals surface area contributed by atoms with Gasteiger partial charge in [-0.3, -0.25) is 0 Å². The third-order valence-corrected chi connectivity index (χ3v) is 13.0. The van der Waals surface area contributed by atoms with Crippen LogP contribution in [0, 0.1) is 28.6 Å². The monoisotopic (exact) mass is 346 g/mol. The predicted octanol–water partition coefficient (Wildman–Crippen LogP) is 6.92. The van der Waals surface area contributed by atoms with Crippen LogP contribution in [0.25, 0.3) is 0 Å². The quantitative estimate of drug-likeness (QED) is 0.330. The van der Waals surface area contributed by atoms with Gasteiger partial charge in [-0.15, -0.1) is 0 Å². The molecule has 3 aliphatic carbocycles. The van der Waals surface area contributed by atoms with E-state index in [-0.39, 0.29) is 0 Å². The molecule has 0 radical (unpaired) electrons. The maximum atomic E-state index is 4.47. The van der Waals surface area contributed by atoms with Gasteiger partial charge in [0.25, 0.3) is 0 Å². The maximum absolute atomic E-state index is 4.47. The summed E-state index contributed by atoms with van der Waals surface area (Å²) in [7, 11) is -0.414. The molecule has 0 aromatic rings. The van der Waals surface area contributed by atoms with Crippen LogP contribution in [0.3, 0.4) is 0 Å². The second kappa shape index (κ2) is 5.41. The van der Waals surface area contributed by atoms with Gasteiger partial charge >= 0.3 is 0 Å². The molecule has 2 saturated heterocycles. The van der Waals surface area contributed by atoms with Crippen LogP contribution in [-0.2, 0) is 0 Å². The first kappa shape index (κ1) is 17.3. The van der Waals surface area contributed by atoms with Crippen LogP contribution in [0.5, 0.6) is 0 Å². The molecule has 0 N–H and O–H groups in total. The van der Waals surface area contributed by atoms with Gasteiger partial charge in [0.05, 0.1) is 0 Å². The standard InChI is InChI=1S/C21H32S.C2H6/c1-14-19-21(3)12-10-17-16(18(21)13-22(14,19)4)9-8-15-7-5-6-11-20(15,17)2;1-2/h8,16-19H,1,5-7,9-13H2,2-4H3;1-2H3. The van der Waals surface area contributed by atoms with Gasteiger partial charge < -0.3 is 0 Å². The summed E-state index contributed by atoms with van der Waals surface area (Å²) in [5.74, 6) is 4.54. The van der Waals surface area contributed by atoms with Gasteiger partial charge in [0.2, 0.25) is 0 Å². The zero-order chi connectivity index (χ0) is 17.3. The van der Waals surface area contributed by atoms with Crippen LogP contribution >= 0.6 is 10.0 Å². The molecular weight excluding hydrogens is 308 g/mol. The van der Waals surface area contributed by atoms with Crippen molar-refractivity contribution >= 4 is 10.0 Å². The predicted molar refractivity (Wildman–Crippen MR) is 110 cm³/mol. The Kier molecular flexibility index (Phi) is 3.89. The Morgan fingerprint density at radius 3 is 2.62 bits per heavy atom. The van der Waals surface area contributed by atoms with Crippen LogP contribution in [-0.4, -0.2) is 17.3 Å². The normalized spacial score (nSPS) is 57.0. The molecule has 0 aromatic heterocycles. The second-order valence-corrected chi connectivity index (χ2v) is 13.3. The topological polar surface area (TPSA) is 0 Å². The van der Waals surface area contributed by atoms with Crippen molar-refractivity contribution in [2.75, 3.05) is 12.0 Å². The highest BCUT2D eigenvalue weighted by Crippen LogP contribution is 2.89. The SMILES string of the molecule is C=C1C2C3(C)CCC4C(CC=C5CCCCC54C)C3CS12C.CC. The molecule has 136 valence electrons. The van der Waals surface area contributed by atoms with Crippen molar-refractivity contribution in [3.63, 3.8) is 0 Å². The first-order valence-electron chi connectivity index (χ1n) is 10.5. The Labute approximate surface area is 151 Å². The summed E-state index contributed by atoms with van der Waals surface area (Å²) in [6.45, 7) is 13.8. The molecule has 24 heavy (non-hydrogen) atoms. The number of fused-ring (bicyclic) bond motifs is 7. The summed E-state index contributed by atoms with van der Waals surface area (Å²) >= 11 is 0. The smallest absolute Gasteiger partial charge is 0.0269 e. The van der Waals surface area contributed by atoms with Gasteiger partial charge in [-0.05, 0) is 84.0 Å². The van der Waals surface area contributed by atoms with E-state index in [1.165, 1.54) is 50.7 Å². The lowest BCUT2D eigenvalue weighted by Gasteiger charge is -2.57. The van der Waals surface area contributed by atoms with Crippen LogP contribution in [0.15, 0.2) is 23.1 Å². The van der Waals surface area contributed by atoms with Gasteiger partial charge in [-0.1, -0.05) is 52.3 Å². The third kappa shape index (κ3) is 1.94. The third-order valence-electron chi connectivity index (χ3n) is 8.93. The molecular formula is C23H38S. The molecule has 0 aromatic carbocycles. The average Bonchev–Trinajstić information content (AvgIpc) is 3.01. The molecule has 2 saturated carbocycles. The zero-order valence-corrected chi connectivity index (χ0v) is 17.5. The van der Waals surface area contributed by atoms with Crippen molar-refractivity contribution in [2.45, 2.75) is 77.9 Å². The molecule has 5 rings (SSSR count). The van der Waals surface area contributed by atoms with E-state index in [0.717, 1.165) is 23.0 Å². The molecule has 0 amide bonds. The first-order valence-corrected chi connectivity index (χ1v) is 12.8. The Morgan fingerprint density at radius 2 is 1.88 bits per heavy atom. The largest absolute Gasteiger partial charge is 0.212 e. The minimum Gasteiger partial charge on any atom is -0.212 e. The van der Waals surface area contributed by atoms with Gasteiger partial charge in [-0.2, -0.15) is 0 Å². The Hall–Kier alpha value is -0.170. The van der Waals surface area contributed by atoms with Crippen LogP contribution in [0.1, 0.15) is 72.6 Å². The molecule has 5 aliphatic rings. The molecule has 0 nitrogen and oxygen atoms in total. The number of hydrogen-bond acceptors (Lipinski definition) is 0. The zero-order valence-electron chi connectivity index (χ0n) is 16.7.